The third-order valence-electron chi connectivity index (χ3n) is 5.24. The molecule has 0 radical (unpaired) electrons. The lowest BCUT2D eigenvalue weighted by molar-refractivity contribution is -0.143. The second kappa shape index (κ2) is 7.29. The maximum atomic E-state index is 13.7. The summed E-state index contributed by atoms with van der Waals surface area (Å²) in [4.78, 5) is 11.5. The van der Waals surface area contributed by atoms with Gasteiger partial charge >= 0.3 is 5.97 Å². The first-order valence-electron chi connectivity index (χ1n) is 9.21. The molecule has 4 nitrogen and oxygen atoms in total. The summed E-state index contributed by atoms with van der Waals surface area (Å²) in [6, 6.07) is 15.7. The number of hydrogen-bond donors (Lipinski definition) is 2. The summed E-state index contributed by atoms with van der Waals surface area (Å²) in [6.45, 7) is 0. The highest BCUT2D eigenvalue weighted by Crippen LogP contribution is 2.36. The van der Waals surface area contributed by atoms with Crippen molar-refractivity contribution in [2.45, 2.75) is 24.8 Å². The molecular formula is C23H19F2NO3. The molecule has 0 heterocycles. The van der Waals surface area contributed by atoms with Gasteiger partial charge in [-0.1, -0.05) is 24.3 Å². The normalized spacial score (nSPS) is 18.2. The van der Waals surface area contributed by atoms with Crippen LogP contribution in [0.4, 0.5) is 8.78 Å². The van der Waals surface area contributed by atoms with Crippen LogP contribution in [0.15, 0.2) is 60.7 Å². The van der Waals surface area contributed by atoms with Crippen LogP contribution >= 0.6 is 0 Å². The molecular weight excluding hydrogens is 376 g/mol. The molecule has 3 N–H and O–H groups in total. The Morgan fingerprint density at radius 3 is 2.45 bits per heavy atom. The summed E-state index contributed by atoms with van der Waals surface area (Å²) in [7, 11) is 0. The number of carbonyl (C=O) groups is 1. The van der Waals surface area contributed by atoms with Gasteiger partial charge in [0.2, 0.25) is 0 Å². The number of carboxylic acids is 1. The molecule has 0 saturated carbocycles. The van der Waals surface area contributed by atoms with Gasteiger partial charge in [-0.3, -0.25) is 4.79 Å². The van der Waals surface area contributed by atoms with Crippen molar-refractivity contribution < 1.29 is 23.4 Å². The van der Waals surface area contributed by atoms with Crippen molar-refractivity contribution >= 4 is 5.97 Å². The molecule has 0 amide bonds. The zero-order valence-electron chi connectivity index (χ0n) is 15.5. The van der Waals surface area contributed by atoms with Gasteiger partial charge < -0.3 is 15.6 Å². The van der Waals surface area contributed by atoms with Gasteiger partial charge in [-0.05, 0) is 59.9 Å². The highest BCUT2D eigenvalue weighted by atomic mass is 19.1. The number of halogens is 2. The first kappa shape index (κ1) is 19.1. The lowest BCUT2D eigenvalue weighted by Crippen LogP contribution is -2.52. The standard InChI is InChI=1S/C23H19F2NO3/c24-17-9-15(10-18(25)12-17)20-3-1-2-4-21(20)29-19-6-5-14-7-8-23(26,22(27)28)13-16(14)11-19/h1-6,9-12H,7-8,13,26H2,(H,27,28). The van der Waals surface area contributed by atoms with Gasteiger partial charge in [0.1, 0.15) is 28.7 Å². The molecule has 148 valence electrons. The zero-order chi connectivity index (χ0) is 20.6. The van der Waals surface area contributed by atoms with E-state index >= 15 is 0 Å². The van der Waals surface area contributed by atoms with Crippen LogP contribution < -0.4 is 10.5 Å². The molecule has 3 aromatic rings. The number of hydrogen-bond acceptors (Lipinski definition) is 3. The molecule has 29 heavy (non-hydrogen) atoms. The van der Waals surface area contributed by atoms with E-state index in [-0.39, 0.29) is 6.42 Å². The smallest absolute Gasteiger partial charge is 0.324 e. The van der Waals surface area contributed by atoms with E-state index in [0.717, 1.165) is 17.2 Å². The van der Waals surface area contributed by atoms with Crippen molar-refractivity contribution in [3.63, 3.8) is 0 Å². The van der Waals surface area contributed by atoms with Gasteiger partial charge in [0, 0.05) is 18.1 Å². The van der Waals surface area contributed by atoms with Crippen LogP contribution in [0, 0.1) is 11.6 Å². The van der Waals surface area contributed by atoms with E-state index in [1.54, 1.807) is 36.4 Å². The van der Waals surface area contributed by atoms with Crippen molar-refractivity contribution in [3.8, 4) is 22.6 Å². The topological polar surface area (TPSA) is 72.6 Å². The predicted octanol–water partition coefficient (Wildman–Crippen LogP) is 4.69. The fourth-order valence-electron chi connectivity index (χ4n) is 3.67. The lowest BCUT2D eigenvalue weighted by Gasteiger charge is -2.31. The zero-order valence-corrected chi connectivity index (χ0v) is 15.5. The Balaban J connectivity index is 1.67. The Bertz CT molecular complexity index is 1080. The summed E-state index contributed by atoms with van der Waals surface area (Å²) in [5.41, 5.74) is 7.52. The van der Waals surface area contributed by atoms with Crippen LogP contribution in [0.5, 0.6) is 11.5 Å². The first-order chi connectivity index (χ1) is 13.8. The van der Waals surface area contributed by atoms with E-state index in [2.05, 4.69) is 0 Å². The van der Waals surface area contributed by atoms with Crippen molar-refractivity contribution in [3.05, 3.63) is 83.4 Å². The molecule has 4 rings (SSSR count). The quantitative estimate of drug-likeness (QED) is 0.672. The Hall–Kier alpha value is -3.25. The van der Waals surface area contributed by atoms with Gasteiger partial charge in [-0.25, -0.2) is 8.78 Å². The molecule has 1 atom stereocenters. The number of fused-ring (bicyclic) bond motifs is 1. The van der Waals surface area contributed by atoms with Crippen LogP contribution in [0.25, 0.3) is 11.1 Å². The number of nitrogens with two attached hydrogens (primary N) is 1. The van der Waals surface area contributed by atoms with E-state index in [0.29, 0.717) is 35.5 Å². The van der Waals surface area contributed by atoms with Crippen molar-refractivity contribution in [1.29, 1.82) is 0 Å². The van der Waals surface area contributed by atoms with E-state index < -0.39 is 23.1 Å². The van der Waals surface area contributed by atoms with Gasteiger partial charge in [-0.15, -0.1) is 0 Å². The average molecular weight is 395 g/mol. The van der Waals surface area contributed by atoms with Gasteiger partial charge in [0.25, 0.3) is 0 Å². The number of carboxylic acid groups (broad SMARTS) is 1. The minimum Gasteiger partial charge on any atom is -0.480 e. The third-order valence-corrected chi connectivity index (χ3v) is 5.24. The minimum absolute atomic E-state index is 0.214. The molecule has 0 bridgehead atoms. The maximum Gasteiger partial charge on any atom is 0.324 e. The molecule has 0 fully saturated rings. The Kier molecular flexibility index (Phi) is 4.80. The van der Waals surface area contributed by atoms with E-state index in [4.69, 9.17) is 10.5 Å². The van der Waals surface area contributed by atoms with Crippen LogP contribution in [-0.4, -0.2) is 16.6 Å². The van der Waals surface area contributed by atoms with Crippen LogP contribution in [-0.2, 0) is 17.6 Å². The molecule has 0 saturated heterocycles. The van der Waals surface area contributed by atoms with Crippen molar-refractivity contribution in [1.82, 2.24) is 0 Å². The van der Waals surface area contributed by atoms with E-state index in [9.17, 15) is 18.7 Å². The van der Waals surface area contributed by atoms with Crippen LogP contribution in [0.2, 0.25) is 0 Å². The fourth-order valence-corrected chi connectivity index (χ4v) is 3.67. The lowest BCUT2D eigenvalue weighted by atomic mass is 9.78. The van der Waals surface area contributed by atoms with E-state index in [1.807, 2.05) is 6.07 Å². The number of rotatable bonds is 4. The highest BCUT2D eigenvalue weighted by Gasteiger charge is 2.37. The predicted molar refractivity (Wildman–Crippen MR) is 105 cm³/mol. The molecule has 0 aliphatic heterocycles. The van der Waals surface area contributed by atoms with Crippen LogP contribution in [0.3, 0.4) is 0 Å². The second-order valence-electron chi connectivity index (χ2n) is 7.32. The van der Waals surface area contributed by atoms with Crippen LogP contribution in [0.1, 0.15) is 17.5 Å². The first-order valence-corrected chi connectivity index (χ1v) is 9.21. The highest BCUT2D eigenvalue weighted by molar-refractivity contribution is 5.79. The maximum absolute atomic E-state index is 13.7. The molecule has 1 unspecified atom stereocenters. The Labute approximate surface area is 166 Å². The minimum atomic E-state index is -1.29. The number of para-hydroxylation sites is 1. The molecule has 6 heteroatoms. The average Bonchev–Trinajstić information content (AvgIpc) is 2.67. The number of benzene rings is 3. The SMILES string of the molecule is NC1(C(=O)O)CCc2ccc(Oc3ccccc3-c3cc(F)cc(F)c3)cc2C1. The fraction of sp³-hybridized carbons (Fsp3) is 0.174. The number of aryl methyl sites for hydroxylation is 1. The largest absolute Gasteiger partial charge is 0.480 e. The third kappa shape index (κ3) is 3.84. The van der Waals surface area contributed by atoms with Crippen molar-refractivity contribution in [2.75, 3.05) is 0 Å². The van der Waals surface area contributed by atoms with Gasteiger partial charge in [-0.2, -0.15) is 0 Å². The van der Waals surface area contributed by atoms with E-state index in [1.165, 1.54) is 12.1 Å². The second-order valence-corrected chi connectivity index (χ2v) is 7.32. The molecule has 1 aliphatic rings. The van der Waals surface area contributed by atoms with Gasteiger partial charge in [0.15, 0.2) is 0 Å². The summed E-state index contributed by atoms with van der Waals surface area (Å²) < 4.78 is 33.3. The summed E-state index contributed by atoms with van der Waals surface area (Å²) in [6.07, 6.45) is 1.17. The summed E-state index contributed by atoms with van der Waals surface area (Å²) >= 11 is 0. The number of ether oxygens (including phenoxy) is 1. The Morgan fingerprint density at radius 1 is 1.00 bits per heavy atom. The molecule has 3 aromatic carbocycles. The molecule has 1 aliphatic carbocycles. The Morgan fingerprint density at radius 2 is 1.72 bits per heavy atom. The van der Waals surface area contributed by atoms with Gasteiger partial charge in [0.05, 0.1) is 0 Å². The van der Waals surface area contributed by atoms with Crippen molar-refractivity contribution in [2.24, 2.45) is 5.73 Å². The summed E-state index contributed by atoms with van der Waals surface area (Å²) in [5.74, 6) is -1.42. The number of aliphatic carboxylic acids is 1. The monoisotopic (exact) mass is 395 g/mol. The summed E-state index contributed by atoms with van der Waals surface area (Å²) in [5, 5.41) is 9.42. The molecule has 0 spiro atoms. The molecule has 0 aromatic heterocycles.